The maximum Gasteiger partial charge on any atom is 0.183 e. The van der Waals surface area contributed by atoms with Crippen LogP contribution in [0.4, 0.5) is 14.5 Å². The predicted molar refractivity (Wildman–Crippen MR) is 57.6 cm³/mol. The number of nitrogens with zero attached hydrogens (tertiary/aromatic N) is 1. The molecule has 0 amide bonds. The third-order valence-electron chi connectivity index (χ3n) is 1.94. The fourth-order valence-corrected chi connectivity index (χ4v) is 1.16. The largest absolute Gasteiger partial charge is 0.382 e. The first kappa shape index (κ1) is 12.0. The number of benzene rings is 1. The van der Waals surface area contributed by atoms with Crippen LogP contribution >= 0.6 is 0 Å². The van der Waals surface area contributed by atoms with Crippen molar-refractivity contribution in [1.82, 2.24) is 0 Å². The molecule has 1 aromatic carbocycles. The summed E-state index contributed by atoms with van der Waals surface area (Å²) in [6.07, 6.45) is 0.553. The minimum atomic E-state index is -1.12. The van der Waals surface area contributed by atoms with E-state index in [2.05, 4.69) is 17.2 Å². The zero-order chi connectivity index (χ0) is 12.0. The molecule has 0 bridgehead atoms. The molecule has 0 heterocycles. The summed E-state index contributed by atoms with van der Waals surface area (Å²) >= 11 is 0. The lowest BCUT2D eigenvalue weighted by atomic mass is 10.2. The van der Waals surface area contributed by atoms with Gasteiger partial charge >= 0.3 is 0 Å². The van der Waals surface area contributed by atoms with E-state index in [0.29, 0.717) is 13.0 Å². The number of nitriles is 1. The molecule has 0 fully saturated rings. The molecule has 4 heteroatoms. The SMILES string of the molecule is CC#CCCNc1ccc(C#N)c(F)c1F. The highest BCUT2D eigenvalue weighted by atomic mass is 19.2. The monoisotopic (exact) mass is 220 g/mol. The molecule has 0 aliphatic rings. The van der Waals surface area contributed by atoms with Crippen molar-refractivity contribution in [3.63, 3.8) is 0 Å². The van der Waals surface area contributed by atoms with E-state index in [0.717, 1.165) is 0 Å². The normalized spacial score (nSPS) is 8.88. The summed E-state index contributed by atoms with van der Waals surface area (Å²) in [4.78, 5) is 0. The van der Waals surface area contributed by atoms with Crippen LogP contribution in [-0.4, -0.2) is 6.54 Å². The second-order valence-electron chi connectivity index (χ2n) is 3.00. The highest BCUT2D eigenvalue weighted by molar-refractivity contribution is 5.49. The van der Waals surface area contributed by atoms with Crippen LogP contribution in [0.3, 0.4) is 0 Å². The van der Waals surface area contributed by atoms with Gasteiger partial charge in [-0.1, -0.05) is 0 Å². The van der Waals surface area contributed by atoms with E-state index in [-0.39, 0.29) is 11.3 Å². The summed E-state index contributed by atoms with van der Waals surface area (Å²) in [5.74, 6) is 3.35. The molecule has 0 aliphatic heterocycles. The Morgan fingerprint density at radius 3 is 2.69 bits per heavy atom. The second kappa shape index (κ2) is 5.72. The van der Waals surface area contributed by atoms with E-state index >= 15 is 0 Å². The molecule has 0 saturated carbocycles. The van der Waals surface area contributed by atoms with Gasteiger partial charge in [0, 0.05) is 13.0 Å². The van der Waals surface area contributed by atoms with Crippen LogP contribution < -0.4 is 5.32 Å². The Labute approximate surface area is 92.9 Å². The van der Waals surface area contributed by atoms with E-state index in [1.54, 1.807) is 13.0 Å². The average Bonchev–Trinajstić information content (AvgIpc) is 2.30. The van der Waals surface area contributed by atoms with Crippen molar-refractivity contribution >= 4 is 5.69 Å². The lowest BCUT2D eigenvalue weighted by Gasteiger charge is -2.06. The standard InChI is InChI=1S/C12H10F2N2/c1-2-3-4-7-16-10-6-5-9(8-15)11(13)12(10)14/h5-6,16H,4,7H2,1H3. The van der Waals surface area contributed by atoms with Gasteiger partial charge in [0.15, 0.2) is 11.6 Å². The van der Waals surface area contributed by atoms with Crippen molar-refractivity contribution in [2.24, 2.45) is 0 Å². The van der Waals surface area contributed by atoms with Gasteiger partial charge in [-0.3, -0.25) is 0 Å². The Balaban J connectivity index is 2.78. The predicted octanol–water partition coefficient (Wildman–Crippen LogP) is 2.66. The van der Waals surface area contributed by atoms with Gasteiger partial charge in [0.25, 0.3) is 0 Å². The number of halogens is 2. The van der Waals surface area contributed by atoms with E-state index in [4.69, 9.17) is 5.26 Å². The fraction of sp³-hybridized carbons (Fsp3) is 0.250. The molecule has 16 heavy (non-hydrogen) atoms. The van der Waals surface area contributed by atoms with E-state index in [1.807, 2.05) is 0 Å². The van der Waals surface area contributed by atoms with Gasteiger partial charge in [0.2, 0.25) is 0 Å². The molecule has 82 valence electrons. The quantitative estimate of drug-likeness (QED) is 0.628. The molecule has 1 N–H and O–H groups in total. The summed E-state index contributed by atoms with van der Waals surface area (Å²) < 4.78 is 26.5. The Hall–Kier alpha value is -2.07. The molecule has 1 rings (SSSR count). The molecule has 0 radical (unpaired) electrons. The van der Waals surface area contributed by atoms with E-state index in [9.17, 15) is 8.78 Å². The molecule has 2 nitrogen and oxygen atoms in total. The van der Waals surface area contributed by atoms with Gasteiger partial charge in [0.1, 0.15) is 6.07 Å². The molecule has 1 aromatic rings. The highest BCUT2D eigenvalue weighted by Gasteiger charge is 2.12. The summed E-state index contributed by atoms with van der Waals surface area (Å²) in [6.45, 7) is 2.14. The summed E-state index contributed by atoms with van der Waals surface area (Å²) in [5.41, 5.74) is -0.245. The number of hydrogen-bond acceptors (Lipinski definition) is 2. The van der Waals surface area contributed by atoms with E-state index in [1.165, 1.54) is 12.1 Å². The Kier molecular flexibility index (Phi) is 4.29. The molecule has 0 unspecified atom stereocenters. The minimum absolute atomic E-state index is 0.0504. The maximum atomic E-state index is 13.3. The second-order valence-corrected chi connectivity index (χ2v) is 3.00. The van der Waals surface area contributed by atoms with Gasteiger partial charge in [-0.25, -0.2) is 8.78 Å². The number of rotatable bonds is 3. The van der Waals surface area contributed by atoms with Crippen molar-refractivity contribution < 1.29 is 8.78 Å². The van der Waals surface area contributed by atoms with Crippen molar-refractivity contribution in [3.05, 3.63) is 29.3 Å². The zero-order valence-corrected chi connectivity index (χ0v) is 8.77. The Morgan fingerprint density at radius 2 is 2.06 bits per heavy atom. The van der Waals surface area contributed by atoms with Crippen molar-refractivity contribution in [2.45, 2.75) is 13.3 Å². The zero-order valence-electron chi connectivity index (χ0n) is 8.77. The number of anilines is 1. The van der Waals surface area contributed by atoms with Gasteiger partial charge < -0.3 is 5.32 Å². The van der Waals surface area contributed by atoms with Crippen LogP contribution in [0.1, 0.15) is 18.9 Å². The topological polar surface area (TPSA) is 35.8 Å². The summed E-state index contributed by atoms with van der Waals surface area (Å²) in [5, 5.41) is 11.2. The number of hydrogen-bond donors (Lipinski definition) is 1. The fourth-order valence-electron chi connectivity index (χ4n) is 1.16. The van der Waals surface area contributed by atoms with Crippen LogP contribution in [-0.2, 0) is 0 Å². The third kappa shape index (κ3) is 2.71. The van der Waals surface area contributed by atoms with Gasteiger partial charge in [-0.15, -0.1) is 11.8 Å². The smallest absolute Gasteiger partial charge is 0.183 e. The van der Waals surface area contributed by atoms with Crippen LogP contribution in [0, 0.1) is 34.8 Å². The molecule has 0 aliphatic carbocycles. The Morgan fingerprint density at radius 1 is 1.31 bits per heavy atom. The lowest BCUT2D eigenvalue weighted by molar-refractivity contribution is 0.508. The first-order chi connectivity index (χ1) is 7.70. The first-order valence-corrected chi connectivity index (χ1v) is 4.72. The van der Waals surface area contributed by atoms with E-state index < -0.39 is 11.6 Å². The van der Waals surface area contributed by atoms with Crippen molar-refractivity contribution in [1.29, 1.82) is 5.26 Å². The van der Waals surface area contributed by atoms with Gasteiger partial charge in [-0.2, -0.15) is 5.26 Å². The maximum absolute atomic E-state index is 13.3. The molecule has 0 spiro atoms. The van der Waals surface area contributed by atoms with Crippen molar-refractivity contribution in [2.75, 3.05) is 11.9 Å². The van der Waals surface area contributed by atoms with Gasteiger partial charge in [0.05, 0.1) is 11.3 Å². The lowest BCUT2D eigenvalue weighted by Crippen LogP contribution is -2.04. The van der Waals surface area contributed by atoms with Crippen LogP contribution in [0.25, 0.3) is 0 Å². The summed E-state index contributed by atoms with van der Waals surface area (Å²) in [6, 6.07) is 4.16. The highest BCUT2D eigenvalue weighted by Crippen LogP contribution is 2.19. The minimum Gasteiger partial charge on any atom is -0.382 e. The molecule has 0 aromatic heterocycles. The third-order valence-corrected chi connectivity index (χ3v) is 1.94. The van der Waals surface area contributed by atoms with Crippen LogP contribution in [0.2, 0.25) is 0 Å². The number of nitrogens with one attached hydrogen (secondary N) is 1. The molecule has 0 saturated heterocycles. The summed E-state index contributed by atoms with van der Waals surface area (Å²) in [7, 11) is 0. The van der Waals surface area contributed by atoms with Crippen molar-refractivity contribution in [3.8, 4) is 17.9 Å². The van der Waals surface area contributed by atoms with Gasteiger partial charge in [-0.05, 0) is 19.1 Å². The molecule has 0 atom stereocenters. The molecular weight excluding hydrogens is 210 g/mol. The average molecular weight is 220 g/mol. The molecular formula is C12H10F2N2. The van der Waals surface area contributed by atoms with Crippen LogP contribution in [0.15, 0.2) is 12.1 Å². The van der Waals surface area contributed by atoms with Crippen LogP contribution in [0.5, 0.6) is 0 Å². The Bertz CT molecular complexity index is 478. The first-order valence-electron chi connectivity index (χ1n) is 4.72.